The fraction of sp³-hybridized carbons (Fsp3) is 0.753. The summed E-state index contributed by atoms with van der Waals surface area (Å²) in [5, 5.41) is 8.20. The van der Waals surface area contributed by atoms with E-state index in [-0.39, 0.29) is 82.8 Å². The number of nitrogens with one attached hydrogen (secondary N) is 3. The van der Waals surface area contributed by atoms with Gasteiger partial charge in [-0.1, -0.05) is 111 Å². The van der Waals surface area contributed by atoms with Crippen LogP contribution in [0.15, 0.2) is 18.2 Å². The molecule has 564 valence electrons. The number of likely N-dealkylation sites (tertiary alicyclic amines) is 1. The topological polar surface area (TPSA) is 270 Å². The number of aryl methyl sites for hydroxylation is 1. The molecule has 0 aromatic heterocycles. The predicted molar refractivity (Wildman–Crippen MR) is 374 cm³/mol. The van der Waals surface area contributed by atoms with Gasteiger partial charge in [0.1, 0.15) is 59.9 Å². The summed E-state index contributed by atoms with van der Waals surface area (Å²) in [4.78, 5) is 193. The number of fused-ring (bicyclic) bond motifs is 2. The fourth-order valence-electron chi connectivity index (χ4n) is 15.8. The van der Waals surface area contributed by atoms with Crippen molar-refractivity contribution in [3.05, 3.63) is 34.3 Å². The highest BCUT2D eigenvalue weighted by atomic mass is 35.5. The first kappa shape index (κ1) is 81.2. The van der Waals surface area contributed by atoms with Crippen molar-refractivity contribution in [2.75, 3.05) is 74.5 Å². The number of halogens is 4. The van der Waals surface area contributed by atoms with Crippen molar-refractivity contribution in [1.82, 2.24) is 60.0 Å². The summed E-state index contributed by atoms with van der Waals surface area (Å²) in [6.45, 7) is 14.4. The van der Waals surface area contributed by atoms with Crippen LogP contribution >= 0.6 is 11.6 Å². The molecule has 6 fully saturated rings. The Morgan fingerprint density at radius 3 is 1.86 bits per heavy atom. The second kappa shape index (κ2) is 35.4. The van der Waals surface area contributed by atoms with E-state index >= 15 is 33.6 Å². The van der Waals surface area contributed by atoms with Crippen LogP contribution in [0.1, 0.15) is 195 Å². The summed E-state index contributed by atoms with van der Waals surface area (Å²) in [5.74, 6) is -8.81. The second-order valence-corrected chi connectivity index (χ2v) is 30.6. The zero-order chi connectivity index (χ0) is 74.7. The minimum atomic E-state index is -4.76. The van der Waals surface area contributed by atoms with E-state index < -0.39 is 172 Å². The van der Waals surface area contributed by atoms with Gasteiger partial charge in [-0.25, -0.2) is 0 Å². The molecule has 0 radical (unpaired) electrons. The van der Waals surface area contributed by atoms with Crippen LogP contribution in [0.25, 0.3) is 0 Å². The normalized spacial score (nSPS) is 27.7. The van der Waals surface area contributed by atoms with Gasteiger partial charge in [-0.15, -0.1) is 0 Å². The Labute approximate surface area is 599 Å². The molecule has 3 N–H and O–H groups in total. The van der Waals surface area contributed by atoms with E-state index in [0.717, 1.165) is 55.6 Å². The Bertz CT molecular complexity index is 3170. The minimum Gasteiger partial charge on any atom is -0.343 e. The molecule has 12 amide bonds. The second-order valence-electron chi connectivity index (χ2n) is 30.2. The zero-order valence-electron chi connectivity index (χ0n) is 61.8. The molecule has 7 rings (SSSR count). The predicted octanol–water partition coefficient (Wildman–Crippen LogP) is 6.42. The molecule has 4 aliphatic heterocycles. The number of benzene rings is 1. The van der Waals surface area contributed by atoms with Gasteiger partial charge in [0.05, 0.1) is 23.6 Å². The number of carbonyl (C=O) groups is 12. The molecule has 101 heavy (non-hydrogen) atoms. The molecule has 4 heterocycles. The molecule has 24 nitrogen and oxygen atoms in total. The summed E-state index contributed by atoms with van der Waals surface area (Å²) >= 11 is 6.16. The van der Waals surface area contributed by atoms with Crippen molar-refractivity contribution in [2.45, 2.75) is 256 Å². The maximum Gasteiger partial charge on any atom is 0.417 e. The third kappa shape index (κ3) is 19.2. The Balaban J connectivity index is 1.30. The molecule has 0 unspecified atom stereocenters. The quantitative estimate of drug-likeness (QED) is 0.205. The molecule has 6 aliphatic rings. The first-order valence-electron chi connectivity index (χ1n) is 36.9. The number of alkyl halides is 3. The lowest BCUT2D eigenvalue weighted by Crippen LogP contribution is -2.65. The summed E-state index contributed by atoms with van der Waals surface area (Å²) in [6.07, 6.45) is 3.80. The van der Waals surface area contributed by atoms with Gasteiger partial charge in [0.2, 0.25) is 70.9 Å². The van der Waals surface area contributed by atoms with E-state index in [1.807, 2.05) is 20.8 Å². The van der Waals surface area contributed by atoms with Gasteiger partial charge >= 0.3 is 6.18 Å². The van der Waals surface area contributed by atoms with Crippen LogP contribution < -0.4 is 16.0 Å². The van der Waals surface area contributed by atoms with Crippen LogP contribution in [0.4, 0.5) is 13.2 Å². The highest BCUT2D eigenvalue weighted by molar-refractivity contribution is 6.31. The molecule has 2 saturated carbocycles. The summed E-state index contributed by atoms with van der Waals surface area (Å²) in [7, 11) is 7.19. The third-order valence-corrected chi connectivity index (χ3v) is 22.7. The number of amides is 12. The Morgan fingerprint density at radius 2 is 1.29 bits per heavy atom. The first-order chi connectivity index (χ1) is 47.6. The van der Waals surface area contributed by atoms with Gasteiger partial charge in [-0.05, 0) is 132 Å². The maximum absolute atomic E-state index is 15.5. The number of nitrogens with zero attached hydrogens (tertiary/aromatic N) is 9. The van der Waals surface area contributed by atoms with E-state index in [2.05, 4.69) is 16.0 Å². The Hall–Kier alpha value is -7.06. The average Bonchev–Trinajstić information content (AvgIpc) is 1.76. The van der Waals surface area contributed by atoms with Crippen LogP contribution in [-0.4, -0.2) is 249 Å². The summed E-state index contributed by atoms with van der Waals surface area (Å²) < 4.78 is 41.6. The fourth-order valence-corrected chi connectivity index (χ4v) is 16.1. The standard InChI is InChI=1S/C73H112ClF3N12O12/c1-14-46(7)60-69(99)82(10)47(8)64(94)89-38-32-54(89)67(97)83(11)56(41-48-25-18-16-19-26-48)66(96)81(9)43-58(90)78-52(31-29-49-28-30-50(51(74)40-49)73(75,76)77)65(95)88-37-24-27-53(88)63(93)80-72(33-20-21-34-72)71(101)85(13)61(45(5)6)70(100)84(12)57(68(98)86-35-22-17-23-36-86)42-59(91)87(15-2)55(39-44(3)4)62(92)79-60/h28,30,40,44-48,52-57,60-61H,14-27,29,31-39,41-43H2,1-13H3,(H,78,90)(H,79,92)(H,80,93)/t46-,47-,52-,53-,54-,55-,56-,57-,60-,61-/m0/s1. The lowest BCUT2D eigenvalue weighted by atomic mass is 9.84. The number of likely N-dealkylation sites (N-methyl/N-ethyl adjacent to an activating group) is 6. The van der Waals surface area contributed by atoms with Crippen LogP contribution in [0.3, 0.4) is 0 Å². The lowest BCUT2D eigenvalue weighted by Gasteiger charge is -2.45. The molecule has 2 aliphatic carbocycles. The largest absolute Gasteiger partial charge is 0.417 e. The van der Waals surface area contributed by atoms with E-state index in [4.69, 9.17) is 11.6 Å². The molecule has 0 bridgehead atoms. The van der Waals surface area contributed by atoms with E-state index in [0.29, 0.717) is 57.2 Å². The maximum atomic E-state index is 15.5. The number of carbonyl (C=O) groups excluding carboxylic acids is 12. The van der Waals surface area contributed by atoms with E-state index in [9.17, 15) is 37.1 Å². The van der Waals surface area contributed by atoms with Crippen LogP contribution in [-0.2, 0) is 70.1 Å². The highest BCUT2D eigenvalue weighted by Crippen LogP contribution is 2.38. The van der Waals surface area contributed by atoms with Gasteiger partial charge in [0.15, 0.2) is 0 Å². The van der Waals surface area contributed by atoms with Crippen molar-refractivity contribution in [3.8, 4) is 0 Å². The third-order valence-electron chi connectivity index (χ3n) is 22.3. The molecule has 1 spiro atoms. The van der Waals surface area contributed by atoms with Gasteiger partial charge < -0.3 is 60.0 Å². The van der Waals surface area contributed by atoms with E-state index in [1.165, 1.54) is 82.5 Å². The Kier molecular flexibility index (Phi) is 28.5. The number of hydrogen-bond donors (Lipinski definition) is 3. The van der Waals surface area contributed by atoms with Crippen LogP contribution in [0, 0.1) is 23.7 Å². The molecule has 1 aromatic rings. The van der Waals surface area contributed by atoms with Crippen molar-refractivity contribution < 1.29 is 70.7 Å². The monoisotopic (exact) mass is 1440 g/mol. The average molecular weight is 1440 g/mol. The van der Waals surface area contributed by atoms with Crippen molar-refractivity contribution in [2.24, 2.45) is 23.7 Å². The number of rotatable bonds is 12. The van der Waals surface area contributed by atoms with Gasteiger partial charge in [-0.2, -0.15) is 13.2 Å². The molecule has 1 aromatic carbocycles. The first-order valence-corrected chi connectivity index (χ1v) is 37.3. The SMILES string of the molecule is CC[C@H](C)[C@@H]1NC(=O)[C@H](CC(C)C)N(CC)C(=O)C[C@@H](C(=O)N2CCCCC2)N(C)C(=O)[C@H](C(C)C)N(C)C(=O)C2(CCCC2)NC(=O)[C@@H]2CCCN2C(=O)[C@H](CCc2ccc(C(F)(F)F)c(Cl)c2)NC(=O)CN(C)C(=O)[C@H](CC2CCCCC2)N(C)C(=O)[C@@H]2CCN2C(=O)[C@H](C)N(C)C1=O. The molecule has 28 heteroatoms. The van der Waals surface area contributed by atoms with E-state index in [1.54, 1.807) is 32.6 Å². The van der Waals surface area contributed by atoms with Crippen LogP contribution in [0.2, 0.25) is 5.02 Å². The van der Waals surface area contributed by atoms with Crippen molar-refractivity contribution in [1.29, 1.82) is 0 Å². The lowest BCUT2D eigenvalue weighted by molar-refractivity contribution is -0.160. The van der Waals surface area contributed by atoms with Crippen molar-refractivity contribution in [3.63, 3.8) is 0 Å². The zero-order valence-corrected chi connectivity index (χ0v) is 62.5. The molecule has 4 saturated heterocycles. The van der Waals surface area contributed by atoms with Gasteiger partial charge in [-0.3, -0.25) is 57.5 Å². The smallest absolute Gasteiger partial charge is 0.343 e. The molecule has 10 atom stereocenters. The summed E-state index contributed by atoms with van der Waals surface area (Å²) in [6, 6.07) is -7.82. The number of piperidine rings is 1. The van der Waals surface area contributed by atoms with Gasteiger partial charge in [0, 0.05) is 68.0 Å². The summed E-state index contributed by atoms with van der Waals surface area (Å²) in [5.41, 5.74) is -2.35. The van der Waals surface area contributed by atoms with Gasteiger partial charge in [0.25, 0.3) is 0 Å². The Morgan fingerprint density at radius 1 is 0.653 bits per heavy atom. The number of hydrogen-bond acceptors (Lipinski definition) is 12. The highest BCUT2D eigenvalue weighted by Gasteiger charge is 2.52. The molecular weight excluding hydrogens is 1330 g/mol. The molecular formula is C73H112ClF3N12O12. The van der Waals surface area contributed by atoms with Crippen LogP contribution in [0.5, 0.6) is 0 Å². The van der Waals surface area contributed by atoms with Crippen molar-refractivity contribution >= 4 is 82.5 Å². The minimum absolute atomic E-state index is 0.0123.